The van der Waals surface area contributed by atoms with Gasteiger partial charge in [0, 0.05) is 29.6 Å². The normalized spacial score (nSPS) is 24.1. The van der Waals surface area contributed by atoms with E-state index in [4.69, 9.17) is 0 Å². The molecule has 2 aliphatic rings. The first kappa shape index (κ1) is 16.1. The second-order valence-corrected chi connectivity index (χ2v) is 6.87. The fourth-order valence-electron chi connectivity index (χ4n) is 3.04. The van der Waals surface area contributed by atoms with Crippen LogP contribution in [0.3, 0.4) is 0 Å². The maximum absolute atomic E-state index is 12.6. The molecule has 7 heteroatoms. The molecule has 6 nitrogen and oxygen atoms in total. The molecule has 0 radical (unpaired) electrons. The van der Waals surface area contributed by atoms with Gasteiger partial charge in [-0.2, -0.15) is 0 Å². The predicted octanol–water partition coefficient (Wildman–Crippen LogP) is 1.25. The van der Waals surface area contributed by atoms with Crippen LogP contribution in [-0.4, -0.2) is 59.2 Å². The van der Waals surface area contributed by atoms with Crippen molar-refractivity contribution in [1.29, 1.82) is 0 Å². The van der Waals surface area contributed by atoms with Crippen LogP contribution in [0.2, 0.25) is 0 Å². The third kappa shape index (κ3) is 2.79. The molecule has 1 fully saturated rings. The van der Waals surface area contributed by atoms with Gasteiger partial charge in [0.25, 0.3) is 11.8 Å². The molecule has 1 aromatic rings. The third-order valence-electron chi connectivity index (χ3n) is 4.58. The number of carbonyl (C=O) groups excluding carboxylic acids is 3. The van der Waals surface area contributed by atoms with E-state index in [2.05, 4.69) is 21.2 Å². The van der Waals surface area contributed by atoms with E-state index in [9.17, 15) is 14.4 Å². The van der Waals surface area contributed by atoms with Crippen molar-refractivity contribution in [2.45, 2.75) is 25.9 Å². The Morgan fingerprint density at radius 2 is 1.96 bits per heavy atom. The SMILES string of the molecule is CC1NCCN(C(=O)CN2C(=O)c3ccc(Br)cc3C2=O)C1C. The van der Waals surface area contributed by atoms with E-state index in [0.717, 1.165) is 9.37 Å². The molecule has 2 heterocycles. The minimum absolute atomic E-state index is 0.0283. The highest BCUT2D eigenvalue weighted by molar-refractivity contribution is 9.10. The van der Waals surface area contributed by atoms with Crippen LogP contribution in [0.15, 0.2) is 22.7 Å². The van der Waals surface area contributed by atoms with E-state index in [-0.39, 0.29) is 24.5 Å². The monoisotopic (exact) mass is 379 g/mol. The van der Waals surface area contributed by atoms with Crippen molar-refractivity contribution in [3.05, 3.63) is 33.8 Å². The molecule has 0 bridgehead atoms. The molecule has 23 heavy (non-hydrogen) atoms. The second-order valence-electron chi connectivity index (χ2n) is 5.96. The molecule has 1 N–H and O–H groups in total. The lowest BCUT2D eigenvalue weighted by Crippen LogP contribution is -2.59. The van der Waals surface area contributed by atoms with Crippen LogP contribution in [0.5, 0.6) is 0 Å². The van der Waals surface area contributed by atoms with Gasteiger partial charge < -0.3 is 10.2 Å². The van der Waals surface area contributed by atoms with Gasteiger partial charge in [-0.25, -0.2) is 0 Å². The summed E-state index contributed by atoms with van der Waals surface area (Å²) in [7, 11) is 0. The summed E-state index contributed by atoms with van der Waals surface area (Å²) in [6, 6.07) is 5.16. The first-order valence-electron chi connectivity index (χ1n) is 7.58. The number of rotatable bonds is 2. The number of benzene rings is 1. The molecule has 3 rings (SSSR count). The smallest absolute Gasteiger partial charge is 0.262 e. The highest BCUT2D eigenvalue weighted by atomic mass is 79.9. The Hall–Kier alpha value is -1.73. The van der Waals surface area contributed by atoms with Gasteiger partial charge in [0.15, 0.2) is 0 Å². The summed E-state index contributed by atoms with van der Waals surface area (Å²) in [5, 5.41) is 3.30. The second kappa shape index (κ2) is 6.05. The van der Waals surface area contributed by atoms with Crippen molar-refractivity contribution in [3.8, 4) is 0 Å². The molecule has 0 aromatic heterocycles. The Balaban J connectivity index is 1.77. The van der Waals surface area contributed by atoms with E-state index in [1.54, 1.807) is 23.1 Å². The zero-order valence-electron chi connectivity index (χ0n) is 13.0. The lowest BCUT2D eigenvalue weighted by atomic mass is 10.1. The van der Waals surface area contributed by atoms with Crippen LogP contribution in [0.1, 0.15) is 34.6 Å². The Morgan fingerprint density at radius 3 is 2.70 bits per heavy atom. The molecule has 0 aliphatic carbocycles. The zero-order valence-corrected chi connectivity index (χ0v) is 14.6. The van der Waals surface area contributed by atoms with E-state index in [1.807, 2.05) is 13.8 Å². The lowest BCUT2D eigenvalue weighted by Gasteiger charge is -2.39. The summed E-state index contributed by atoms with van der Waals surface area (Å²) >= 11 is 3.30. The van der Waals surface area contributed by atoms with Crippen LogP contribution in [0.25, 0.3) is 0 Å². The number of carbonyl (C=O) groups is 3. The summed E-state index contributed by atoms with van der Waals surface area (Å²) in [5.41, 5.74) is 0.701. The van der Waals surface area contributed by atoms with E-state index < -0.39 is 11.8 Å². The largest absolute Gasteiger partial charge is 0.336 e. The van der Waals surface area contributed by atoms with Crippen LogP contribution in [0, 0.1) is 0 Å². The summed E-state index contributed by atoms with van der Waals surface area (Å²) in [6.07, 6.45) is 0. The fraction of sp³-hybridized carbons (Fsp3) is 0.438. The molecule has 1 saturated heterocycles. The molecular formula is C16H18BrN3O3. The number of halogens is 1. The van der Waals surface area contributed by atoms with Crippen molar-refractivity contribution < 1.29 is 14.4 Å². The van der Waals surface area contributed by atoms with Gasteiger partial charge in [-0.1, -0.05) is 15.9 Å². The minimum atomic E-state index is -0.407. The van der Waals surface area contributed by atoms with E-state index in [1.165, 1.54) is 0 Å². The number of hydrogen-bond donors (Lipinski definition) is 1. The topological polar surface area (TPSA) is 69.7 Å². The third-order valence-corrected chi connectivity index (χ3v) is 5.07. The molecule has 122 valence electrons. The number of imide groups is 1. The van der Waals surface area contributed by atoms with Gasteiger partial charge in [0.2, 0.25) is 5.91 Å². The fourth-order valence-corrected chi connectivity index (χ4v) is 3.40. The number of nitrogens with zero attached hydrogens (tertiary/aromatic N) is 2. The van der Waals surface area contributed by atoms with Gasteiger partial charge in [-0.15, -0.1) is 0 Å². The molecule has 2 aliphatic heterocycles. The molecule has 2 unspecified atom stereocenters. The van der Waals surface area contributed by atoms with Crippen LogP contribution in [-0.2, 0) is 4.79 Å². The first-order valence-corrected chi connectivity index (χ1v) is 8.38. The quantitative estimate of drug-likeness (QED) is 0.785. The number of nitrogens with one attached hydrogen (secondary N) is 1. The Labute approximate surface area is 142 Å². The highest BCUT2D eigenvalue weighted by Crippen LogP contribution is 2.26. The average molecular weight is 380 g/mol. The maximum Gasteiger partial charge on any atom is 0.262 e. The Morgan fingerprint density at radius 1 is 1.26 bits per heavy atom. The van der Waals surface area contributed by atoms with Gasteiger partial charge in [0.1, 0.15) is 6.54 Å². The summed E-state index contributed by atoms with van der Waals surface area (Å²) < 4.78 is 0.732. The van der Waals surface area contributed by atoms with E-state index in [0.29, 0.717) is 24.2 Å². The van der Waals surface area contributed by atoms with Crippen molar-refractivity contribution in [2.24, 2.45) is 0 Å². The molecule has 1 aromatic carbocycles. The molecular weight excluding hydrogens is 362 g/mol. The Kier molecular flexibility index (Phi) is 4.25. The lowest BCUT2D eigenvalue weighted by molar-refractivity contribution is -0.135. The van der Waals surface area contributed by atoms with Gasteiger partial charge >= 0.3 is 0 Å². The molecule has 0 saturated carbocycles. The van der Waals surface area contributed by atoms with Crippen LogP contribution >= 0.6 is 15.9 Å². The Bertz CT molecular complexity index is 691. The van der Waals surface area contributed by atoms with Crippen molar-refractivity contribution >= 4 is 33.7 Å². The van der Waals surface area contributed by atoms with E-state index >= 15 is 0 Å². The number of amides is 3. The molecule has 3 amide bonds. The molecule has 0 spiro atoms. The molecule has 2 atom stereocenters. The van der Waals surface area contributed by atoms with Gasteiger partial charge in [-0.05, 0) is 32.0 Å². The highest BCUT2D eigenvalue weighted by Gasteiger charge is 2.38. The predicted molar refractivity (Wildman–Crippen MR) is 88.1 cm³/mol. The number of fused-ring (bicyclic) bond motifs is 1. The standard InChI is InChI=1S/C16H18BrN3O3/c1-9-10(2)19(6-5-18-9)14(21)8-20-15(22)12-4-3-11(17)7-13(12)16(20)23/h3-4,7,9-10,18H,5-6,8H2,1-2H3. The number of piperazine rings is 1. The van der Waals surface area contributed by atoms with Crippen LogP contribution < -0.4 is 5.32 Å². The number of hydrogen-bond acceptors (Lipinski definition) is 4. The summed E-state index contributed by atoms with van der Waals surface area (Å²) in [5.74, 6) is -1.00. The van der Waals surface area contributed by atoms with Gasteiger partial charge in [0.05, 0.1) is 11.1 Å². The zero-order chi connectivity index (χ0) is 16.7. The summed E-state index contributed by atoms with van der Waals surface area (Å²) in [4.78, 5) is 40.2. The van der Waals surface area contributed by atoms with Crippen molar-refractivity contribution in [2.75, 3.05) is 19.6 Å². The first-order chi connectivity index (χ1) is 10.9. The summed E-state index contributed by atoms with van der Waals surface area (Å²) in [6.45, 7) is 5.07. The van der Waals surface area contributed by atoms with Crippen molar-refractivity contribution in [3.63, 3.8) is 0 Å². The average Bonchev–Trinajstić information content (AvgIpc) is 2.74. The minimum Gasteiger partial charge on any atom is -0.336 e. The maximum atomic E-state index is 12.6. The van der Waals surface area contributed by atoms with Crippen molar-refractivity contribution in [1.82, 2.24) is 15.1 Å². The van der Waals surface area contributed by atoms with Gasteiger partial charge in [-0.3, -0.25) is 19.3 Å². The van der Waals surface area contributed by atoms with Crippen LogP contribution in [0.4, 0.5) is 0 Å².